The number of benzene rings is 3. The highest BCUT2D eigenvalue weighted by atomic mass is 35.5. The number of halogens is 2. The van der Waals surface area contributed by atoms with Gasteiger partial charge < -0.3 is 10.2 Å². The molecular formula is C28H28ClFN2O4S. The van der Waals surface area contributed by atoms with Crippen LogP contribution >= 0.6 is 11.6 Å². The molecule has 9 heteroatoms. The SMILES string of the molecule is CCS(=O)(=O)c1ccc(CC(=O)Nc2ccc(C(=O)N(C)C(c3ccc(Cl)cc3)C3CC3)c(F)c2)cc1. The van der Waals surface area contributed by atoms with Gasteiger partial charge in [-0.15, -0.1) is 0 Å². The van der Waals surface area contributed by atoms with Crippen molar-refractivity contribution in [2.45, 2.75) is 37.1 Å². The van der Waals surface area contributed by atoms with Crippen LogP contribution in [0.4, 0.5) is 10.1 Å². The van der Waals surface area contributed by atoms with Gasteiger partial charge in [0.15, 0.2) is 9.84 Å². The molecule has 0 radical (unpaired) electrons. The third-order valence-corrected chi connectivity index (χ3v) is 8.53. The van der Waals surface area contributed by atoms with Crippen LogP contribution in [0.15, 0.2) is 71.6 Å². The van der Waals surface area contributed by atoms with Gasteiger partial charge in [-0.2, -0.15) is 0 Å². The summed E-state index contributed by atoms with van der Waals surface area (Å²) in [5.41, 5.74) is 1.72. The second kappa shape index (κ2) is 11.0. The highest BCUT2D eigenvalue weighted by Gasteiger charge is 2.37. The van der Waals surface area contributed by atoms with E-state index in [1.165, 1.54) is 24.3 Å². The fraction of sp³-hybridized carbons (Fsp3) is 0.286. The van der Waals surface area contributed by atoms with Crippen LogP contribution in [0, 0.1) is 11.7 Å². The summed E-state index contributed by atoms with van der Waals surface area (Å²) in [6.07, 6.45) is 1.98. The van der Waals surface area contributed by atoms with E-state index in [1.807, 2.05) is 12.1 Å². The standard InChI is InChI=1S/C28H28ClFN2O4S/c1-3-37(35,36)23-13-4-18(5-14-23)16-26(33)31-22-12-15-24(25(30)17-22)28(34)32(2)27(19-6-7-19)20-8-10-21(29)11-9-20/h4-5,8-15,17,19,27H,3,6-7,16H2,1-2H3,(H,31,33). The van der Waals surface area contributed by atoms with E-state index in [1.54, 1.807) is 43.1 Å². The Balaban J connectivity index is 1.43. The fourth-order valence-corrected chi connectivity index (χ4v) is 5.35. The molecule has 3 aromatic rings. The first-order valence-corrected chi connectivity index (χ1v) is 14.1. The van der Waals surface area contributed by atoms with Crippen LogP contribution in [0.5, 0.6) is 0 Å². The Morgan fingerprint density at radius 2 is 1.70 bits per heavy atom. The molecule has 37 heavy (non-hydrogen) atoms. The summed E-state index contributed by atoms with van der Waals surface area (Å²) in [5, 5.41) is 3.24. The van der Waals surface area contributed by atoms with E-state index >= 15 is 0 Å². The third-order valence-electron chi connectivity index (χ3n) is 6.53. The van der Waals surface area contributed by atoms with Crippen LogP contribution in [-0.2, 0) is 21.1 Å². The molecular weight excluding hydrogens is 515 g/mol. The minimum absolute atomic E-state index is 0.00491. The molecule has 194 valence electrons. The highest BCUT2D eigenvalue weighted by Crippen LogP contribution is 2.44. The van der Waals surface area contributed by atoms with Crippen molar-refractivity contribution in [3.63, 3.8) is 0 Å². The molecule has 4 rings (SSSR count). The first-order chi connectivity index (χ1) is 17.6. The summed E-state index contributed by atoms with van der Waals surface area (Å²) in [6.45, 7) is 1.57. The number of sulfone groups is 1. The third kappa shape index (κ3) is 6.37. The summed E-state index contributed by atoms with van der Waals surface area (Å²) in [5.74, 6) is -1.25. The van der Waals surface area contributed by atoms with E-state index in [0.717, 1.165) is 24.5 Å². The van der Waals surface area contributed by atoms with Gasteiger partial charge in [0.25, 0.3) is 5.91 Å². The highest BCUT2D eigenvalue weighted by molar-refractivity contribution is 7.91. The number of hydrogen-bond acceptors (Lipinski definition) is 4. The molecule has 1 N–H and O–H groups in total. The summed E-state index contributed by atoms with van der Waals surface area (Å²) >= 11 is 6.01. The van der Waals surface area contributed by atoms with Crippen LogP contribution in [0.25, 0.3) is 0 Å². The van der Waals surface area contributed by atoms with Crippen molar-refractivity contribution >= 4 is 38.9 Å². The maximum Gasteiger partial charge on any atom is 0.257 e. The molecule has 1 aliphatic carbocycles. The molecule has 1 unspecified atom stereocenters. The summed E-state index contributed by atoms with van der Waals surface area (Å²) < 4.78 is 38.9. The molecule has 1 atom stereocenters. The van der Waals surface area contributed by atoms with Gasteiger partial charge in [-0.3, -0.25) is 9.59 Å². The Hall–Kier alpha value is -3.23. The quantitative estimate of drug-likeness (QED) is 0.377. The Kier molecular flexibility index (Phi) is 7.99. The smallest absolute Gasteiger partial charge is 0.257 e. The van der Waals surface area contributed by atoms with Gasteiger partial charge in [0.2, 0.25) is 5.91 Å². The van der Waals surface area contributed by atoms with Gasteiger partial charge in [-0.05, 0) is 72.4 Å². The monoisotopic (exact) mass is 542 g/mol. The minimum atomic E-state index is -3.32. The van der Waals surface area contributed by atoms with Crippen molar-refractivity contribution in [3.8, 4) is 0 Å². The van der Waals surface area contributed by atoms with Crippen LogP contribution in [0.2, 0.25) is 5.02 Å². The van der Waals surface area contributed by atoms with E-state index in [9.17, 15) is 22.4 Å². The second-order valence-corrected chi connectivity index (χ2v) is 11.9. The van der Waals surface area contributed by atoms with E-state index in [4.69, 9.17) is 11.6 Å². The number of rotatable bonds is 9. The molecule has 1 fully saturated rings. The maximum absolute atomic E-state index is 15.0. The van der Waals surface area contributed by atoms with Gasteiger partial charge in [-0.1, -0.05) is 42.8 Å². The number of nitrogens with one attached hydrogen (secondary N) is 1. The zero-order valence-corrected chi connectivity index (χ0v) is 22.2. The van der Waals surface area contributed by atoms with Gasteiger partial charge in [-0.25, -0.2) is 12.8 Å². The lowest BCUT2D eigenvalue weighted by Gasteiger charge is -2.29. The van der Waals surface area contributed by atoms with Crippen molar-refractivity contribution in [2.75, 3.05) is 18.1 Å². The summed E-state index contributed by atoms with van der Waals surface area (Å²) in [4.78, 5) is 27.4. The van der Waals surface area contributed by atoms with Crippen molar-refractivity contribution in [2.24, 2.45) is 5.92 Å². The molecule has 2 amide bonds. The van der Waals surface area contributed by atoms with E-state index in [0.29, 0.717) is 16.5 Å². The first kappa shape index (κ1) is 26.8. The van der Waals surface area contributed by atoms with Gasteiger partial charge >= 0.3 is 0 Å². The van der Waals surface area contributed by atoms with Crippen molar-refractivity contribution in [1.29, 1.82) is 0 Å². The Bertz CT molecular complexity index is 1410. The predicted molar refractivity (Wildman–Crippen MR) is 142 cm³/mol. The topological polar surface area (TPSA) is 83.5 Å². The lowest BCUT2D eigenvalue weighted by Crippen LogP contribution is -2.33. The fourth-order valence-electron chi connectivity index (χ4n) is 4.34. The second-order valence-electron chi connectivity index (χ2n) is 9.22. The minimum Gasteiger partial charge on any atom is -0.334 e. The van der Waals surface area contributed by atoms with Gasteiger partial charge in [0, 0.05) is 17.8 Å². The Morgan fingerprint density at radius 3 is 2.27 bits per heavy atom. The maximum atomic E-state index is 15.0. The predicted octanol–water partition coefficient (Wildman–Crippen LogP) is 5.68. The number of nitrogens with zero attached hydrogens (tertiary/aromatic N) is 1. The van der Waals surface area contributed by atoms with E-state index in [-0.39, 0.29) is 34.4 Å². The van der Waals surface area contributed by atoms with Crippen LogP contribution in [0.3, 0.4) is 0 Å². The summed E-state index contributed by atoms with van der Waals surface area (Å²) in [6, 6.07) is 17.3. The number of anilines is 1. The molecule has 0 heterocycles. The van der Waals surface area contributed by atoms with E-state index < -0.39 is 27.5 Å². The lowest BCUT2D eigenvalue weighted by molar-refractivity contribution is -0.115. The van der Waals surface area contributed by atoms with Crippen molar-refractivity contribution < 1.29 is 22.4 Å². The lowest BCUT2D eigenvalue weighted by atomic mass is 10.00. The van der Waals surface area contributed by atoms with E-state index in [2.05, 4.69) is 5.32 Å². The van der Waals surface area contributed by atoms with Gasteiger partial charge in [0.1, 0.15) is 5.82 Å². The van der Waals surface area contributed by atoms with Crippen LogP contribution in [0.1, 0.15) is 47.3 Å². The van der Waals surface area contributed by atoms with Crippen molar-refractivity contribution in [3.05, 3.63) is 94.3 Å². The average Bonchev–Trinajstić information content (AvgIpc) is 3.70. The molecule has 1 aliphatic rings. The molecule has 0 bridgehead atoms. The number of hydrogen-bond donors (Lipinski definition) is 1. The molecule has 3 aromatic carbocycles. The normalized spacial score (nSPS) is 14.2. The average molecular weight is 543 g/mol. The van der Waals surface area contributed by atoms with Crippen molar-refractivity contribution in [1.82, 2.24) is 4.90 Å². The van der Waals surface area contributed by atoms with Crippen LogP contribution < -0.4 is 5.32 Å². The zero-order valence-electron chi connectivity index (χ0n) is 20.6. The molecule has 0 aliphatic heterocycles. The number of carbonyl (C=O) groups is 2. The zero-order chi connectivity index (χ0) is 26.7. The summed E-state index contributed by atoms with van der Waals surface area (Å²) in [7, 11) is -1.64. The molecule has 0 spiro atoms. The number of amides is 2. The van der Waals surface area contributed by atoms with Gasteiger partial charge in [0.05, 0.1) is 28.7 Å². The Morgan fingerprint density at radius 1 is 1.05 bits per heavy atom. The molecule has 1 saturated carbocycles. The molecule has 0 aromatic heterocycles. The largest absolute Gasteiger partial charge is 0.334 e. The first-order valence-electron chi connectivity index (χ1n) is 12.0. The molecule has 6 nitrogen and oxygen atoms in total. The Labute approximate surface area is 221 Å². The van der Waals surface area contributed by atoms with Crippen LogP contribution in [-0.4, -0.2) is 37.9 Å². The molecule has 0 saturated heterocycles. The number of carbonyl (C=O) groups excluding carboxylic acids is 2.